The Hall–Kier alpha value is -0.800. The van der Waals surface area contributed by atoms with E-state index in [1.165, 1.54) is 6.20 Å². The molecule has 1 atom stereocenters. The molecule has 0 bridgehead atoms. The molecule has 0 spiro atoms. The molecule has 1 aromatic heterocycles. The van der Waals surface area contributed by atoms with Crippen LogP contribution in [-0.2, 0) is 5.60 Å². The Balaban J connectivity index is 2.63. The quantitative estimate of drug-likeness (QED) is 0.858. The van der Waals surface area contributed by atoms with Crippen LogP contribution in [0.15, 0.2) is 54.9 Å². The molecule has 1 N–H and O–H groups in total. The predicted octanol–water partition coefficient (Wildman–Crippen LogP) is 3.69. The van der Waals surface area contributed by atoms with Crippen LogP contribution in [0.25, 0.3) is 0 Å². The highest BCUT2D eigenvalue weighted by Gasteiger charge is 2.50. The molecule has 2 rings (SSSR count). The SMILES string of the molecule is OC(c1ccccc1)(c1cccnc1)C(Cl)(Cl)Cl. The fraction of sp³-hybridized carbons (Fsp3) is 0.154. The van der Waals surface area contributed by atoms with Crippen molar-refractivity contribution in [1.29, 1.82) is 0 Å². The topological polar surface area (TPSA) is 33.1 Å². The molecule has 18 heavy (non-hydrogen) atoms. The van der Waals surface area contributed by atoms with Crippen LogP contribution in [0.5, 0.6) is 0 Å². The van der Waals surface area contributed by atoms with Gasteiger partial charge < -0.3 is 5.11 Å². The Bertz CT molecular complexity index is 471. The van der Waals surface area contributed by atoms with E-state index >= 15 is 0 Å². The molecule has 0 fully saturated rings. The molecule has 0 radical (unpaired) electrons. The number of pyridine rings is 1. The Morgan fingerprint density at radius 2 is 1.50 bits per heavy atom. The number of aromatic nitrogens is 1. The predicted molar refractivity (Wildman–Crippen MR) is 74.0 cm³/mol. The third kappa shape index (κ3) is 2.34. The van der Waals surface area contributed by atoms with Gasteiger partial charge in [0.05, 0.1) is 0 Å². The van der Waals surface area contributed by atoms with Crippen LogP contribution in [0.3, 0.4) is 0 Å². The van der Waals surface area contributed by atoms with E-state index in [1.54, 1.807) is 42.6 Å². The lowest BCUT2D eigenvalue weighted by molar-refractivity contribution is 0.0846. The fourth-order valence-electron chi connectivity index (χ4n) is 1.75. The number of aliphatic hydroxyl groups is 1. The third-order valence-electron chi connectivity index (χ3n) is 2.68. The normalized spacial score (nSPS) is 15.1. The van der Waals surface area contributed by atoms with E-state index in [2.05, 4.69) is 4.98 Å². The van der Waals surface area contributed by atoms with Crippen molar-refractivity contribution in [3.63, 3.8) is 0 Å². The van der Waals surface area contributed by atoms with Crippen LogP contribution >= 0.6 is 34.8 Å². The number of halogens is 3. The van der Waals surface area contributed by atoms with Crippen LogP contribution in [0.2, 0.25) is 0 Å². The summed E-state index contributed by atoms with van der Waals surface area (Å²) in [5, 5.41) is 10.9. The minimum atomic E-state index is -1.91. The zero-order chi connectivity index (χ0) is 13.2. The van der Waals surface area contributed by atoms with Crippen molar-refractivity contribution in [1.82, 2.24) is 4.98 Å². The molecule has 0 aliphatic heterocycles. The van der Waals surface area contributed by atoms with Gasteiger partial charge in [0, 0.05) is 18.0 Å². The van der Waals surface area contributed by atoms with Crippen LogP contribution in [0.4, 0.5) is 0 Å². The van der Waals surface area contributed by atoms with Crippen molar-refractivity contribution >= 4 is 34.8 Å². The maximum atomic E-state index is 10.9. The summed E-state index contributed by atoms with van der Waals surface area (Å²) in [6.45, 7) is 0. The molecule has 1 aromatic carbocycles. The lowest BCUT2D eigenvalue weighted by Crippen LogP contribution is -2.41. The first kappa shape index (κ1) is 13.6. The van der Waals surface area contributed by atoms with Crippen molar-refractivity contribution in [2.45, 2.75) is 9.39 Å². The summed E-state index contributed by atoms with van der Waals surface area (Å²) in [5.41, 5.74) is -0.818. The van der Waals surface area contributed by atoms with Crippen molar-refractivity contribution in [2.24, 2.45) is 0 Å². The molecule has 1 unspecified atom stereocenters. The van der Waals surface area contributed by atoms with Crippen molar-refractivity contribution in [2.75, 3.05) is 0 Å². The zero-order valence-electron chi connectivity index (χ0n) is 9.22. The van der Waals surface area contributed by atoms with Gasteiger partial charge in [-0.25, -0.2) is 0 Å². The first-order chi connectivity index (χ1) is 8.46. The Morgan fingerprint density at radius 1 is 0.889 bits per heavy atom. The second kappa shape index (κ2) is 5.06. The molecule has 0 aliphatic carbocycles. The maximum Gasteiger partial charge on any atom is 0.227 e. The summed E-state index contributed by atoms with van der Waals surface area (Å²) in [4.78, 5) is 3.95. The summed E-state index contributed by atoms with van der Waals surface area (Å²) in [6, 6.07) is 12.1. The molecule has 0 saturated heterocycles. The van der Waals surface area contributed by atoms with Crippen molar-refractivity contribution in [3.05, 3.63) is 66.0 Å². The summed E-state index contributed by atoms with van der Waals surface area (Å²) in [5.74, 6) is 0. The van der Waals surface area contributed by atoms with E-state index in [0.29, 0.717) is 11.1 Å². The third-order valence-corrected chi connectivity index (χ3v) is 3.50. The van der Waals surface area contributed by atoms with Gasteiger partial charge in [-0.05, 0) is 11.6 Å². The molecule has 5 heteroatoms. The minimum Gasteiger partial charge on any atom is -0.376 e. The second-order valence-electron chi connectivity index (χ2n) is 3.82. The van der Waals surface area contributed by atoms with E-state index < -0.39 is 9.39 Å². The molecular formula is C13H10Cl3NO. The molecule has 0 aliphatic rings. The van der Waals surface area contributed by atoms with Gasteiger partial charge in [-0.15, -0.1) is 0 Å². The van der Waals surface area contributed by atoms with Crippen molar-refractivity contribution < 1.29 is 5.11 Å². The second-order valence-corrected chi connectivity index (χ2v) is 6.10. The number of benzene rings is 1. The zero-order valence-corrected chi connectivity index (χ0v) is 11.5. The minimum absolute atomic E-state index is 0.427. The summed E-state index contributed by atoms with van der Waals surface area (Å²) >= 11 is 17.9. The van der Waals surface area contributed by atoms with Gasteiger partial charge in [0.15, 0.2) is 5.60 Å². The van der Waals surface area contributed by atoms with Crippen molar-refractivity contribution in [3.8, 4) is 0 Å². The largest absolute Gasteiger partial charge is 0.376 e. The molecule has 2 aromatic rings. The van der Waals surface area contributed by atoms with Crippen LogP contribution in [0.1, 0.15) is 11.1 Å². The maximum absolute atomic E-state index is 10.9. The van der Waals surface area contributed by atoms with Gasteiger partial charge in [-0.1, -0.05) is 71.2 Å². The van der Waals surface area contributed by atoms with Gasteiger partial charge in [-0.2, -0.15) is 0 Å². The summed E-state index contributed by atoms with van der Waals surface area (Å²) in [6.07, 6.45) is 3.07. The van der Waals surface area contributed by atoms with Crippen LogP contribution < -0.4 is 0 Å². The molecule has 0 amide bonds. The van der Waals surface area contributed by atoms with Gasteiger partial charge in [-0.3, -0.25) is 4.98 Å². The standard InChI is InChI=1S/C13H10Cl3NO/c14-13(15,16)12(18,10-5-2-1-3-6-10)11-7-4-8-17-9-11/h1-9,18H. The lowest BCUT2D eigenvalue weighted by atomic mass is 9.88. The summed E-state index contributed by atoms with van der Waals surface area (Å²) < 4.78 is -1.91. The lowest BCUT2D eigenvalue weighted by Gasteiger charge is -2.35. The van der Waals surface area contributed by atoms with E-state index in [4.69, 9.17) is 34.8 Å². The smallest absolute Gasteiger partial charge is 0.227 e. The highest BCUT2D eigenvalue weighted by Crippen LogP contribution is 2.48. The van der Waals surface area contributed by atoms with E-state index in [0.717, 1.165) is 0 Å². The van der Waals surface area contributed by atoms with Gasteiger partial charge >= 0.3 is 0 Å². The van der Waals surface area contributed by atoms with Crippen LogP contribution in [0, 0.1) is 0 Å². The average Bonchev–Trinajstić information content (AvgIpc) is 2.38. The molecule has 2 nitrogen and oxygen atoms in total. The number of hydrogen-bond donors (Lipinski definition) is 1. The van der Waals surface area contributed by atoms with Gasteiger partial charge in [0.1, 0.15) is 0 Å². The Morgan fingerprint density at radius 3 is 2.00 bits per heavy atom. The summed E-state index contributed by atoms with van der Waals surface area (Å²) in [7, 11) is 0. The van der Waals surface area contributed by atoms with E-state index in [1.807, 2.05) is 6.07 Å². The number of nitrogens with zero attached hydrogens (tertiary/aromatic N) is 1. The molecule has 0 saturated carbocycles. The molecule has 94 valence electrons. The Labute approximate surface area is 120 Å². The first-order valence-corrected chi connectivity index (χ1v) is 6.35. The monoisotopic (exact) mass is 301 g/mol. The molecular weight excluding hydrogens is 293 g/mol. The first-order valence-electron chi connectivity index (χ1n) is 5.21. The average molecular weight is 303 g/mol. The number of rotatable bonds is 2. The fourth-order valence-corrected chi connectivity index (χ4v) is 2.40. The highest BCUT2D eigenvalue weighted by atomic mass is 35.6. The number of alkyl halides is 3. The van der Waals surface area contributed by atoms with Gasteiger partial charge in [0.25, 0.3) is 0 Å². The highest BCUT2D eigenvalue weighted by molar-refractivity contribution is 6.68. The Kier molecular flexibility index (Phi) is 3.83. The number of hydrogen-bond acceptors (Lipinski definition) is 2. The molecule has 1 heterocycles. The van der Waals surface area contributed by atoms with Gasteiger partial charge in [0.2, 0.25) is 3.79 Å². The van der Waals surface area contributed by atoms with E-state index in [-0.39, 0.29) is 0 Å². The van der Waals surface area contributed by atoms with E-state index in [9.17, 15) is 5.11 Å². The van der Waals surface area contributed by atoms with Crippen LogP contribution in [-0.4, -0.2) is 13.9 Å².